The van der Waals surface area contributed by atoms with Crippen molar-refractivity contribution < 1.29 is 19.1 Å². The Morgan fingerprint density at radius 3 is 2.42 bits per heavy atom. The van der Waals surface area contributed by atoms with Gasteiger partial charge in [0.2, 0.25) is 6.41 Å². The third-order valence-electron chi connectivity index (χ3n) is 2.99. The van der Waals surface area contributed by atoms with Crippen LogP contribution in [-0.4, -0.2) is 24.0 Å². The number of ether oxygens (including phenoxy) is 1. The van der Waals surface area contributed by atoms with Crippen molar-refractivity contribution in [3.63, 3.8) is 0 Å². The SMILES string of the molecule is CC(C)c1cccc(/C=C/C(=O)OC(C)(C)C)c1NC(=O)NC=O. The Hall–Kier alpha value is -2.63. The summed E-state index contributed by atoms with van der Waals surface area (Å²) in [5.41, 5.74) is 1.51. The van der Waals surface area contributed by atoms with E-state index in [1.54, 1.807) is 32.9 Å². The van der Waals surface area contributed by atoms with Crippen LogP contribution in [0.15, 0.2) is 24.3 Å². The molecule has 0 aliphatic heterocycles. The van der Waals surface area contributed by atoms with Gasteiger partial charge >= 0.3 is 12.0 Å². The predicted molar refractivity (Wildman–Crippen MR) is 93.6 cm³/mol. The fourth-order valence-electron chi connectivity index (χ4n) is 2.05. The largest absolute Gasteiger partial charge is 0.457 e. The summed E-state index contributed by atoms with van der Waals surface area (Å²) in [6.45, 7) is 9.33. The number of hydrogen-bond acceptors (Lipinski definition) is 4. The van der Waals surface area contributed by atoms with Crippen LogP contribution in [0.4, 0.5) is 10.5 Å². The van der Waals surface area contributed by atoms with Gasteiger partial charge in [-0.15, -0.1) is 0 Å². The molecule has 0 heterocycles. The lowest BCUT2D eigenvalue weighted by atomic mass is 9.97. The van der Waals surface area contributed by atoms with Crippen LogP contribution in [0.1, 0.15) is 51.7 Å². The molecule has 0 radical (unpaired) electrons. The third kappa shape index (κ3) is 6.24. The molecule has 0 saturated heterocycles. The molecule has 0 aromatic heterocycles. The number of hydrogen-bond donors (Lipinski definition) is 2. The highest BCUT2D eigenvalue weighted by molar-refractivity contribution is 5.98. The molecule has 1 rings (SSSR count). The molecule has 0 saturated carbocycles. The fraction of sp³-hybridized carbons (Fsp3) is 0.389. The lowest BCUT2D eigenvalue weighted by molar-refractivity contribution is -0.148. The molecule has 24 heavy (non-hydrogen) atoms. The maximum Gasteiger partial charge on any atom is 0.331 e. The van der Waals surface area contributed by atoms with Gasteiger partial charge in [-0.05, 0) is 43.9 Å². The molecule has 6 nitrogen and oxygen atoms in total. The Labute approximate surface area is 142 Å². The number of para-hydroxylation sites is 1. The third-order valence-corrected chi connectivity index (χ3v) is 2.99. The zero-order valence-corrected chi connectivity index (χ0v) is 14.7. The van der Waals surface area contributed by atoms with Crippen LogP contribution in [0.5, 0.6) is 0 Å². The molecule has 0 aliphatic rings. The Balaban J connectivity index is 3.13. The molecule has 0 bridgehead atoms. The van der Waals surface area contributed by atoms with Crippen molar-refractivity contribution in [1.29, 1.82) is 0 Å². The fourth-order valence-corrected chi connectivity index (χ4v) is 2.05. The molecule has 0 unspecified atom stereocenters. The molecule has 1 aromatic carbocycles. The van der Waals surface area contributed by atoms with Crippen LogP contribution in [0.3, 0.4) is 0 Å². The first-order chi connectivity index (χ1) is 11.1. The van der Waals surface area contributed by atoms with Gasteiger partial charge in [-0.2, -0.15) is 0 Å². The number of carbonyl (C=O) groups excluding carboxylic acids is 3. The maximum atomic E-state index is 11.8. The minimum Gasteiger partial charge on any atom is -0.457 e. The summed E-state index contributed by atoms with van der Waals surface area (Å²) in [5.74, 6) is -0.327. The highest BCUT2D eigenvalue weighted by Crippen LogP contribution is 2.29. The average molecular weight is 332 g/mol. The Bertz CT molecular complexity index is 643. The van der Waals surface area contributed by atoms with Gasteiger partial charge in [0, 0.05) is 6.08 Å². The molecule has 1 aromatic rings. The summed E-state index contributed by atoms with van der Waals surface area (Å²) in [4.78, 5) is 33.9. The van der Waals surface area contributed by atoms with E-state index in [0.29, 0.717) is 17.7 Å². The number of urea groups is 1. The minimum absolute atomic E-state index is 0.145. The van der Waals surface area contributed by atoms with Crippen molar-refractivity contribution >= 4 is 30.2 Å². The molecule has 0 aliphatic carbocycles. The normalized spacial score (nSPS) is 11.4. The first kappa shape index (κ1) is 19.4. The van der Waals surface area contributed by atoms with Crippen molar-refractivity contribution in [2.24, 2.45) is 0 Å². The van der Waals surface area contributed by atoms with Crippen LogP contribution in [0, 0.1) is 0 Å². The zero-order chi connectivity index (χ0) is 18.3. The predicted octanol–water partition coefficient (Wildman–Crippen LogP) is 3.44. The second kappa shape index (κ2) is 8.29. The number of esters is 1. The van der Waals surface area contributed by atoms with Crippen molar-refractivity contribution in [3.05, 3.63) is 35.4 Å². The smallest absolute Gasteiger partial charge is 0.331 e. The Morgan fingerprint density at radius 2 is 1.88 bits per heavy atom. The van der Waals surface area contributed by atoms with Crippen molar-refractivity contribution in [3.8, 4) is 0 Å². The van der Waals surface area contributed by atoms with Crippen LogP contribution >= 0.6 is 0 Å². The maximum absolute atomic E-state index is 11.8. The number of anilines is 1. The average Bonchev–Trinajstić information content (AvgIpc) is 2.44. The van der Waals surface area contributed by atoms with E-state index in [1.165, 1.54) is 6.08 Å². The second-order valence-electron chi connectivity index (χ2n) is 6.55. The van der Waals surface area contributed by atoms with Crippen LogP contribution in [-0.2, 0) is 14.3 Å². The zero-order valence-electron chi connectivity index (χ0n) is 14.7. The summed E-state index contributed by atoms with van der Waals surface area (Å²) in [6, 6.07) is 4.85. The van der Waals surface area contributed by atoms with E-state index in [1.807, 2.05) is 31.3 Å². The number of amides is 3. The van der Waals surface area contributed by atoms with E-state index >= 15 is 0 Å². The number of nitrogens with one attached hydrogen (secondary N) is 2. The van der Waals surface area contributed by atoms with E-state index < -0.39 is 17.6 Å². The van der Waals surface area contributed by atoms with Gasteiger partial charge in [0.05, 0.1) is 5.69 Å². The molecule has 2 N–H and O–H groups in total. The van der Waals surface area contributed by atoms with Crippen LogP contribution in [0.25, 0.3) is 6.08 Å². The lowest BCUT2D eigenvalue weighted by Crippen LogP contribution is -2.28. The molecule has 130 valence electrons. The van der Waals surface area contributed by atoms with Crippen molar-refractivity contribution in [2.45, 2.75) is 46.1 Å². The quantitative estimate of drug-likeness (QED) is 0.491. The Morgan fingerprint density at radius 1 is 1.21 bits per heavy atom. The first-order valence-corrected chi connectivity index (χ1v) is 7.69. The standard InChI is InChI=1S/C18H24N2O4/c1-12(2)14-8-6-7-13(16(14)20-17(23)19-11-21)9-10-15(22)24-18(3,4)5/h6-12H,1-5H3,(H2,19,20,21,23)/b10-9+. The molecular formula is C18H24N2O4. The van der Waals surface area contributed by atoms with Crippen LogP contribution in [0.2, 0.25) is 0 Å². The van der Waals surface area contributed by atoms with Crippen molar-refractivity contribution in [2.75, 3.05) is 5.32 Å². The van der Waals surface area contributed by atoms with Gasteiger partial charge in [-0.3, -0.25) is 10.1 Å². The van der Waals surface area contributed by atoms with Gasteiger partial charge < -0.3 is 10.1 Å². The highest BCUT2D eigenvalue weighted by atomic mass is 16.6. The molecule has 6 heteroatoms. The summed E-state index contributed by atoms with van der Waals surface area (Å²) < 4.78 is 5.22. The van der Waals surface area contributed by atoms with Gasteiger partial charge in [0.1, 0.15) is 5.60 Å². The van der Waals surface area contributed by atoms with Gasteiger partial charge in [0.15, 0.2) is 0 Å². The summed E-state index contributed by atoms with van der Waals surface area (Å²) in [6.07, 6.45) is 3.20. The monoisotopic (exact) mass is 332 g/mol. The number of imide groups is 1. The van der Waals surface area contributed by atoms with E-state index in [0.717, 1.165) is 5.56 Å². The minimum atomic E-state index is -0.634. The molecule has 0 fully saturated rings. The second-order valence-corrected chi connectivity index (χ2v) is 6.55. The van der Waals surface area contributed by atoms with E-state index in [4.69, 9.17) is 4.74 Å². The van der Waals surface area contributed by atoms with Gasteiger partial charge in [-0.1, -0.05) is 32.0 Å². The first-order valence-electron chi connectivity index (χ1n) is 7.69. The van der Waals surface area contributed by atoms with E-state index in [-0.39, 0.29) is 5.92 Å². The summed E-state index contributed by atoms with van der Waals surface area (Å²) in [5, 5.41) is 4.69. The van der Waals surface area contributed by atoms with E-state index in [2.05, 4.69) is 5.32 Å². The lowest BCUT2D eigenvalue weighted by Gasteiger charge is -2.18. The topological polar surface area (TPSA) is 84.5 Å². The molecular weight excluding hydrogens is 308 g/mol. The van der Waals surface area contributed by atoms with Gasteiger partial charge in [0.25, 0.3) is 0 Å². The van der Waals surface area contributed by atoms with Gasteiger partial charge in [-0.25, -0.2) is 9.59 Å². The summed E-state index contributed by atoms with van der Waals surface area (Å²) >= 11 is 0. The molecule has 3 amide bonds. The molecule has 0 atom stereocenters. The number of carbonyl (C=O) groups is 3. The van der Waals surface area contributed by atoms with Crippen LogP contribution < -0.4 is 10.6 Å². The Kier molecular flexibility index (Phi) is 6.70. The highest BCUT2D eigenvalue weighted by Gasteiger charge is 2.15. The van der Waals surface area contributed by atoms with Crippen molar-refractivity contribution in [1.82, 2.24) is 5.32 Å². The number of benzene rings is 1. The number of rotatable bonds is 5. The summed E-state index contributed by atoms with van der Waals surface area (Å²) in [7, 11) is 0. The molecule has 0 spiro atoms. The van der Waals surface area contributed by atoms with E-state index in [9.17, 15) is 14.4 Å².